The second kappa shape index (κ2) is 6.37. The van der Waals surface area contributed by atoms with Crippen molar-refractivity contribution in [3.8, 4) is 0 Å². The smallest absolute Gasteiger partial charge is 0.306 e. The molecule has 19 heavy (non-hydrogen) atoms. The predicted molar refractivity (Wildman–Crippen MR) is 71.6 cm³/mol. The summed E-state index contributed by atoms with van der Waals surface area (Å²) in [5, 5.41) is 0. The van der Waals surface area contributed by atoms with Crippen LogP contribution in [-0.4, -0.2) is 61.5 Å². The zero-order chi connectivity index (χ0) is 13.8. The van der Waals surface area contributed by atoms with Crippen LogP contribution in [-0.2, 0) is 14.3 Å². The molecule has 0 spiro atoms. The van der Waals surface area contributed by atoms with Gasteiger partial charge in [0.1, 0.15) is 0 Å². The molecule has 1 amide bonds. The molecule has 5 heteroatoms. The van der Waals surface area contributed by atoms with E-state index >= 15 is 0 Å². The van der Waals surface area contributed by atoms with E-state index < -0.39 is 0 Å². The van der Waals surface area contributed by atoms with Crippen LogP contribution >= 0.6 is 0 Å². The summed E-state index contributed by atoms with van der Waals surface area (Å²) in [6, 6.07) is 0.365. The predicted octanol–water partition coefficient (Wildman–Crippen LogP) is 0.882. The molecule has 1 unspecified atom stereocenters. The average molecular weight is 268 g/mol. The normalized spacial score (nSPS) is 26.5. The second-order valence-corrected chi connectivity index (χ2v) is 5.69. The van der Waals surface area contributed by atoms with Gasteiger partial charge in [0, 0.05) is 18.5 Å². The van der Waals surface area contributed by atoms with Crippen LogP contribution in [0.25, 0.3) is 0 Å². The van der Waals surface area contributed by atoms with Gasteiger partial charge in [0.25, 0.3) is 0 Å². The molecule has 0 saturated carbocycles. The molecule has 108 valence electrons. The molecule has 2 heterocycles. The summed E-state index contributed by atoms with van der Waals surface area (Å²) >= 11 is 0. The van der Waals surface area contributed by atoms with Gasteiger partial charge in [0.2, 0.25) is 5.91 Å². The minimum Gasteiger partial charge on any atom is -0.469 e. The van der Waals surface area contributed by atoms with E-state index in [1.165, 1.54) is 7.11 Å². The number of esters is 1. The number of rotatable bonds is 3. The Morgan fingerprint density at radius 2 is 1.95 bits per heavy atom. The highest BCUT2D eigenvalue weighted by molar-refractivity contribution is 5.84. The Balaban J connectivity index is 1.94. The standard InChI is InChI=1S/C14H24N2O3/c1-15-8-5-12(6-9-15)16-7-3-4-11(14(16)18)10-13(17)19-2/h11-12H,3-10H2,1-2H3. The van der Waals surface area contributed by atoms with E-state index in [9.17, 15) is 9.59 Å². The van der Waals surface area contributed by atoms with Crippen LogP contribution < -0.4 is 0 Å². The van der Waals surface area contributed by atoms with Crippen molar-refractivity contribution in [2.45, 2.75) is 38.1 Å². The SMILES string of the molecule is COC(=O)CC1CCCN(C2CCN(C)CC2)C1=O. The quantitative estimate of drug-likeness (QED) is 0.713. The van der Waals surface area contributed by atoms with Crippen molar-refractivity contribution >= 4 is 11.9 Å². The lowest BCUT2D eigenvalue weighted by Crippen LogP contribution is -2.51. The second-order valence-electron chi connectivity index (χ2n) is 5.69. The van der Waals surface area contributed by atoms with Gasteiger partial charge in [-0.2, -0.15) is 0 Å². The summed E-state index contributed by atoms with van der Waals surface area (Å²) in [6.45, 7) is 2.96. The topological polar surface area (TPSA) is 49.9 Å². The van der Waals surface area contributed by atoms with Crippen molar-refractivity contribution in [2.75, 3.05) is 33.8 Å². The van der Waals surface area contributed by atoms with Crippen LogP contribution in [0.2, 0.25) is 0 Å². The summed E-state index contributed by atoms with van der Waals surface area (Å²) in [4.78, 5) is 28.1. The summed E-state index contributed by atoms with van der Waals surface area (Å²) in [7, 11) is 3.50. The van der Waals surface area contributed by atoms with Crippen molar-refractivity contribution in [1.82, 2.24) is 9.80 Å². The number of nitrogens with zero attached hydrogens (tertiary/aromatic N) is 2. The Hall–Kier alpha value is -1.10. The van der Waals surface area contributed by atoms with Gasteiger partial charge in [-0.3, -0.25) is 9.59 Å². The Bertz CT molecular complexity index is 338. The molecule has 0 radical (unpaired) electrons. The fourth-order valence-electron chi connectivity index (χ4n) is 3.12. The third-order valence-corrected chi connectivity index (χ3v) is 4.35. The van der Waals surface area contributed by atoms with Gasteiger partial charge in [0.15, 0.2) is 0 Å². The molecule has 5 nitrogen and oxygen atoms in total. The van der Waals surface area contributed by atoms with E-state index in [1.54, 1.807) is 0 Å². The lowest BCUT2D eigenvalue weighted by atomic mass is 9.91. The Morgan fingerprint density at radius 3 is 2.58 bits per heavy atom. The first-order valence-electron chi connectivity index (χ1n) is 7.17. The van der Waals surface area contributed by atoms with Gasteiger partial charge in [-0.1, -0.05) is 0 Å². The zero-order valence-electron chi connectivity index (χ0n) is 11.9. The number of methoxy groups -OCH3 is 1. The molecular weight excluding hydrogens is 244 g/mol. The molecule has 0 N–H and O–H groups in total. The molecular formula is C14H24N2O3. The van der Waals surface area contributed by atoms with Crippen LogP contribution in [0.4, 0.5) is 0 Å². The third kappa shape index (κ3) is 3.47. The summed E-state index contributed by atoms with van der Waals surface area (Å²) in [5.74, 6) is -0.282. The van der Waals surface area contributed by atoms with Gasteiger partial charge in [-0.15, -0.1) is 0 Å². The van der Waals surface area contributed by atoms with E-state index in [0.717, 1.165) is 45.3 Å². The number of piperidine rings is 2. The van der Waals surface area contributed by atoms with Gasteiger partial charge in [-0.25, -0.2) is 0 Å². The van der Waals surface area contributed by atoms with Gasteiger partial charge >= 0.3 is 5.97 Å². The molecule has 0 aliphatic carbocycles. The lowest BCUT2D eigenvalue weighted by Gasteiger charge is -2.41. The van der Waals surface area contributed by atoms with E-state index in [2.05, 4.69) is 16.7 Å². The fraction of sp³-hybridized carbons (Fsp3) is 0.857. The van der Waals surface area contributed by atoms with Crippen molar-refractivity contribution in [1.29, 1.82) is 0 Å². The number of carbonyl (C=O) groups is 2. The van der Waals surface area contributed by atoms with Crippen molar-refractivity contribution in [3.05, 3.63) is 0 Å². The highest BCUT2D eigenvalue weighted by atomic mass is 16.5. The molecule has 2 aliphatic heterocycles. The van der Waals surface area contributed by atoms with Gasteiger partial charge in [-0.05, 0) is 45.8 Å². The van der Waals surface area contributed by atoms with Crippen molar-refractivity contribution in [3.63, 3.8) is 0 Å². The van der Waals surface area contributed by atoms with E-state index in [0.29, 0.717) is 6.04 Å². The van der Waals surface area contributed by atoms with Gasteiger partial charge < -0.3 is 14.5 Å². The summed E-state index contributed by atoms with van der Waals surface area (Å²) in [6.07, 6.45) is 4.15. The molecule has 2 fully saturated rings. The number of carbonyl (C=O) groups excluding carboxylic acids is 2. The maximum atomic E-state index is 12.5. The molecule has 0 bridgehead atoms. The number of likely N-dealkylation sites (tertiary alicyclic amines) is 2. The Labute approximate surface area is 114 Å². The van der Waals surface area contributed by atoms with Crippen LogP contribution in [0.3, 0.4) is 0 Å². The maximum absolute atomic E-state index is 12.5. The fourth-order valence-corrected chi connectivity index (χ4v) is 3.12. The first-order valence-corrected chi connectivity index (χ1v) is 7.17. The molecule has 2 rings (SSSR count). The largest absolute Gasteiger partial charge is 0.469 e. The molecule has 2 saturated heterocycles. The van der Waals surface area contributed by atoms with Crippen LogP contribution in [0.1, 0.15) is 32.1 Å². The van der Waals surface area contributed by atoms with E-state index in [-0.39, 0.29) is 24.2 Å². The number of amides is 1. The molecule has 2 aliphatic rings. The zero-order valence-corrected chi connectivity index (χ0v) is 11.9. The minimum absolute atomic E-state index is 0.159. The maximum Gasteiger partial charge on any atom is 0.306 e. The molecule has 0 aromatic carbocycles. The highest BCUT2D eigenvalue weighted by Gasteiger charge is 2.35. The number of hydrogen-bond acceptors (Lipinski definition) is 4. The summed E-state index contributed by atoms with van der Waals surface area (Å²) < 4.78 is 4.68. The molecule has 0 aromatic rings. The number of ether oxygens (including phenoxy) is 1. The molecule has 0 aromatic heterocycles. The Morgan fingerprint density at radius 1 is 1.26 bits per heavy atom. The van der Waals surface area contributed by atoms with Crippen LogP contribution in [0.15, 0.2) is 0 Å². The number of hydrogen-bond donors (Lipinski definition) is 0. The van der Waals surface area contributed by atoms with Crippen molar-refractivity contribution < 1.29 is 14.3 Å². The van der Waals surface area contributed by atoms with E-state index in [4.69, 9.17) is 0 Å². The molecule has 1 atom stereocenters. The first kappa shape index (κ1) is 14.3. The van der Waals surface area contributed by atoms with Crippen LogP contribution in [0, 0.1) is 5.92 Å². The third-order valence-electron chi connectivity index (χ3n) is 4.35. The summed E-state index contributed by atoms with van der Waals surface area (Å²) in [5.41, 5.74) is 0. The first-order chi connectivity index (χ1) is 9.11. The monoisotopic (exact) mass is 268 g/mol. The van der Waals surface area contributed by atoms with Gasteiger partial charge in [0.05, 0.1) is 13.5 Å². The lowest BCUT2D eigenvalue weighted by molar-refractivity contribution is -0.150. The Kier molecular flexibility index (Phi) is 4.80. The minimum atomic E-state index is -0.274. The highest BCUT2D eigenvalue weighted by Crippen LogP contribution is 2.26. The van der Waals surface area contributed by atoms with Crippen LogP contribution in [0.5, 0.6) is 0 Å². The van der Waals surface area contributed by atoms with Crippen molar-refractivity contribution in [2.24, 2.45) is 5.92 Å². The van der Waals surface area contributed by atoms with E-state index in [1.807, 2.05) is 4.90 Å². The average Bonchev–Trinajstić information content (AvgIpc) is 2.42.